The van der Waals surface area contributed by atoms with Crippen LogP contribution in [0.1, 0.15) is 30.1 Å². The molecule has 0 aromatic heterocycles. The van der Waals surface area contributed by atoms with Crippen molar-refractivity contribution in [3.05, 3.63) is 28.2 Å². The van der Waals surface area contributed by atoms with Gasteiger partial charge >= 0.3 is 0 Å². The quantitative estimate of drug-likeness (QED) is 0.727. The normalized spacial score (nSPS) is 12.2. The number of hydrogen-bond donors (Lipinski definition) is 3. The van der Waals surface area contributed by atoms with Crippen LogP contribution >= 0.6 is 15.9 Å². The summed E-state index contributed by atoms with van der Waals surface area (Å²) in [5.74, 6) is -0.129. The van der Waals surface area contributed by atoms with Crippen molar-refractivity contribution in [2.75, 3.05) is 12.3 Å². The lowest BCUT2D eigenvalue weighted by atomic mass is 10.1. The van der Waals surface area contributed by atoms with Crippen LogP contribution in [0.3, 0.4) is 0 Å². The lowest BCUT2D eigenvalue weighted by Gasteiger charge is -2.13. The Hall–Kier alpha value is -1.07. The lowest BCUT2D eigenvalue weighted by Crippen LogP contribution is -2.32. The highest BCUT2D eigenvalue weighted by atomic mass is 79.9. The van der Waals surface area contributed by atoms with Gasteiger partial charge in [-0.25, -0.2) is 0 Å². The maximum absolute atomic E-state index is 11.8. The Morgan fingerprint density at radius 1 is 1.59 bits per heavy atom. The average Bonchev–Trinajstić information content (AvgIpc) is 2.30. The van der Waals surface area contributed by atoms with E-state index in [1.807, 2.05) is 6.92 Å². The molecule has 0 fully saturated rings. The van der Waals surface area contributed by atoms with E-state index in [-0.39, 0.29) is 18.6 Å². The largest absolute Gasteiger partial charge is 0.398 e. The highest BCUT2D eigenvalue weighted by Gasteiger charge is 2.10. The van der Waals surface area contributed by atoms with Gasteiger partial charge in [0.1, 0.15) is 0 Å². The molecule has 94 valence electrons. The van der Waals surface area contributed by atoms with E-state index in [4.69, 9.17) is 10.8 Å². The zero-order valence-corrected chi connectivity index (χ0v) is 11.3. The van der Waals surface area contributed by atoms with Crippen LogP contribution in [0, 0.1) is 0 Å². The van der Waals surface area contributed by atoms with Crippen molar-refractivity contribution >= 4 is 27.5 Å². The summed E-state index contributed by atoms with van der Waals surface area (Å²) < 4.78 is 0.716. The molecule has 1 rings (SSSR count). The zero-order valence-electron chi connectivity index (χ0n) is 9.74. The number of hydrogen-bond acceptors (Lipinski definition) is 3. The van der Waals surface area contributed by atoms with Gasteiger partial charge < -0.3 is 16.2 Å². The second-order valence-electron chi connectivity index (χ2n) is 3.98. The summed E-state index contributed by atoms with van der Waals surface area (Å²) in [6, 6.07) is 5.13. The van der Waals surface area contributed by atoms with E-state index in [9.17, 15) is 4.79 Å². The summed E-state index contributed by atoms with van der Waals surface area (Å²) in [6.07, 6.45) is 1.45. The van der Waals surface area contributed by atoms with E-state index in [0.717, 1.165) is 6.42 Å². The van der Waals surface area contributed by atoms with Gasteiger partial charge in [-0.1, -0.05) is 0 Å². The van der Waals surface area contributed by atoms with Crippen LogP contribution in [-0.4, -0.2) is 23.7 Å². The smallest absolute Gasteiger partial charge is 0.251 e. The summed E-state index contributed by atoms with van der Waals surface area (Å²) in [7, 11) is 0. The number of aliphatic hydroxyl groups is 1. The Morgan fingerprint density at radius 2 is 2.29 bits per heavy atom. The van der Waals surface area contributed by atoms with Crippen molar-refractivity contribution in [1.29, 1.82) is 0 Å². The fourth-order valence-electron chi connectivity index (χ4n) is 1.45. The number of halogens is 1. The predicted octanol–water partition coefficient (Wildman–Crippen LogP) is 1.92. The first kappa shape index (κ1) is 14.0. The van der Waals surface area contributed by atoms with Crippen molar-refractivity contribution in [2.45, 2.75) is 25.8 Å². The molecule has 0 radical (unpaired) electrons. The van der Waals surface area contributed by atoms with Gasteiger partial charge in [0.05, 0.1) is 0 Å². The molecule has 0 aliphatic heterocycles. The summed E-state index contributed by atoms with van der Waals surface area (Å²) in [5.41, 5.74) is 6.83. The number of benzene rings is 1. The fourth-order valence-corrected chi connectivity index (χ4v) is 1.82. The van der Waals surface area contributed by atoms with Crippen LogP contribution in [0.2, 0.25) is 0 Å². The molecule has 0 saturated carbocycles. The van der Waals surface area contributed by atoms with Gasteiger partial charge in [0.25, 0.3) is 5.91 Å². The minimum absolute atomic E-state index is 0.0472. The monoisotopic (exact) mass is 300 g/mol. The summed E-state index contributed by atoms with van der Waals surface area (Å²) in [5, 5.41) is 11.6. The molecule has 1 amide bonds. The Labute approximate surface area is 109 Å². The number of nitrogens with two attached hydrogens (primary N) is 1. The van der Waals surface area contributed by atoms with Crippen molar-refractivity contribution in [3.63, 3.8) is 0 Å². The first-order valence-electron chi connectivity index (χ1n) is 5.51. The molecule has 1 atom stereocenters. The number of rotatable bonds is 5. The number of anilines is 1. The molecule has 0 saturated heterocycles. The minimum Gasteiger partial charge on any atom is -0.398 e. The third-order valence-corrected chi connectivity index (χ3v) is 3.12. The second-order valence-corrected chi connectivity index (χ2v) is 4.83. The molecule has 0 aliphatic carbocycles. The van der Waals surface area contributed by atoms with E-state index in [1.165, 1.54) is 0 Å². The van der Waals surface area contributed by atoms with Gasteiger partial charge in [-0.2, -0.15) is 0 Å². The minimum atomic E-state index is -0.129. The van der Waals surface area contributed by atoms with Crippen molar-refractivity contribution < 1.29 is 9.90 Å². The van der Waals surface area contributed by atoms with Gasteiger partial charge in [-0.3, -0.25) is 4.79 Å². The lowest BCUT2D eigenvalue weighted by molar-refractivity contribution is 0.0936. The molecule has 1 aromatic rings. The third-order valence-electron chi connectivity index (χ3n) is 2.44. The van der Waals surface area contributed by atoms with E-state index in [2.05, 4.69) is 21.2 Å². The Balaban J connectivity index is 2.60. The molecule has 0 aliphatic rings. The van der Waals surface area contributed by atoms with Gasteiger partial charge in [0.15, 0.2) is 0 Å². The average molecular weight is 301 g/mol. The predicted molar refractivity (Wildman–Crippen MR) is 71.8 cm³/mol. The van der Waals surface area contributed by atoms with Crippen molar-refractivity contribution in [1.82, 2.24) is 5.32 Å². The molecule has 1 aromatic carbocycles. The third kappa shape index (κ3) is 4.36. The number of carbonyl (C=O) groups excluding carboxylic acids is 1. The summed E-state index contributed by atoms with van der Waals surface area (Å²) >= 11 is 3.28. The zero-order chi connectivity index (χ0) is 12.8. The van der Waals surface area contributed by atoms with Gasteiger partial charge in [0.2, 0.25) is 0 Å². The number of nitrogen functional groups attached to an aromatic ring is 1. The van der Waals surface area contributed by atoms with E-state index < -0.39 is 0 Å². The first-order valence-corrected chi connectivity index (χ1v) is 6.30. The van der Waals surface area contributed by atoms with E-state index in [0.29, 0.717) is 22.1 Å². The molecular weight excluding hydrogens is 284 g/mol. The standard InChI is InChI=1S/C12H17BrN2O2/c1-8(3-2-6-16)15-12(17)9-4-5-11(14)10(13)7-9/h4-5,7-8,16H,2-3,6,14H2,1H3,(H,15,17). The van der Waals surface area contributed by atoms with Crippen LogP contribution in [0.25, 0.3) is 0 Å². The van der Waals surface area contributed by atoms with Crippen LogP contribution in [0.5, 0.6) is 0 Å². The van der Waals surface area contributed by atoms with Gasteiger partial charge in [-0.05, 0) is 53.9 Å². The number of carbonyl (C=O) groups is 1. The fraction of sp³-hybridized carbons (Fsp3) is 0.417. The molecular formula is C12H17BrN2O2. The number of amides is 1. The molecule has 0 heterocycles. The van der Waals surface area contributed by atoms with Gasteiger partial charge in [-0.15, -0.1) is 0 Å². The Morgan fingerprint density at radius 3 is 2.88 bits per heavy atom. The SMILES string of the molecule is CC(CCCO)NC(=O)c1ccc(N)c(Br)c1. The van der Waals surface area contributed by atoms with E-state index in [1.54, 1.807) is 18.2 Å². The van der Waals surface area contributed by atoms with Gasteiger partial charge in [0, 0.05) is 28.4 Å². The number of nitrogens with one attached hydrogen (secondary N) is 1. The number of aliphatic hydroxyl groups excluding tert-OH is 1. The second kappa shape index (κ2) is 6.61. The Kier molecular flexibility index (Phi) is 5.44. The van der Waals surface area contributed by atoms with Crippen molar-refractivity contribution in [3.8, 4) is 0 Å². The van der Waals surface area contributed by atoms with Crippen molar-refractivity contribution in [2.24, 2.45) is 0 Å². The van der Waals surface area contributed by atoms with Crippen LogP contribution in [0.4, 0.5) is 5.69 Å². The molecule has 4 nitrogen and oxygen atoms in total. The molecule has 17 heavy (non-hydrogen) atoms. The van der Waals surface area contributed by atoms with Crippen LogP contribution < -0.4 is 11.1 Å². The molecule has 4 N–H and O–H groups in total. The topological polar surface area (TPSA) is 75.3 Å². The highest BCUT2D eigenvalue weighted by Crippen LogP contribution is 2.20. The maximum atomic E-state index is 11.8. The van der Waals surface area contributed by atoms with Crippen LogP contribution in [-0.2, 0) is 0 Å². The molecule has 1 unspecified atom stereocenters. The Bertz CT molecular complexity index is 396. The molecule has 0 spiro atoms. The van der Waals surface area contributed by atoms with Crippen LogP contribution in [0.15, 0.2) is 22.7 Å². The highest BCUT2D eigenvalue weighted by molar-refractivity contribution is 9.10. The summed E-state index contributed by atoms with van der Waals surface area (Å²) in [6.45, 7) is 2.06. The summed E-state index contributed by atoms with van der Waals surface area (Å²) in [4.78, 5) is 11.8. The maximum Gasteiger partial charge on any atom is 0.251 e. The molecule has 0 bridgehead atoms. The molecule has 5 heteroatoms. The first-order chi connectivity index (χ1) is 8.04. The van der Waals surface area contributed by atoms with E-state index >= 15 is 0 Å².